The Morgan fingerprint density at radius 1 is 1.17 bits per heavy atom. The summed E-state index contributed by atoms with van der Waals surface area (Å²) in [5.41, 5.74) is 2.84. The Morgan fingerprint density at radius 2 is 1.96 bits per heavy atom. The molecule has 24 heavy (non-hydrogen) atoms. The van der Waals surface area contributed by atoms with E-state index in [0.29, 0.717) is 30.3 Å². The lowest BCUT2D eigenvalue weighted by molar-refractivity contribution is -0.139. The third-order valence-corrected chi connectivity index (χ3v) is 2.83. The van der Waals surface area contributed by atoms with Crippen LogP contribution in [0.2, 0.25) is 0 Å². The molecule has 8 heteroatoms. The van der Waals surface area contributed by atoms with Gasteiger partial charge in [-0.25, -0.2) is 5.43 Å². The highest BCUT2D eigenvalue weighted by molar-refractivity contribution is 6.35. The van der Waals surface area contributed by atoms with Crippen LogP contribution in [0.4, 0.5) is 0 Å². The molecule has 2 N–H and O–H groups in total. The fraction of sp³-hybridized carbons (Fsp3) is 0.438. The van der Waals surface area contributed by atoms with Gasteiger partial charge in [-0.05, 0) is 30.2 Å². The first-order valence-electron chi connectivity index (χ1n) is 7.53. The van der Waals surface area contributed by atoms with E-state index in [1.165, 1.54) is 13.3 Å². The van der Waals surface area contributed by atoms with Crippen molar-refractivity contribution in [2.45, 2.75) is 13.3 Å². The van der Waals surface area contributed by atoms with Crippen LogP contribution in [-0.4, -0.2) is 52.0 Å². The van der Waals surface area contributed by atoms with Gasteiger partial charge in [-0.15, -0.1) is 0 Å². The van der Waals surface area contributed by atoms with E-state index in [-0.39, 0.29) is 6.54 Å². The molecule has 0 bridgehead atoms. The van der Waals surface area contributed by atoms with E-state index >= 15 is 0 Å². The normalized spacial score (nSPS) is 10.5. The van der Waals surface area contributed by atoms with Crippen molar-refractivity contribution in [1.82, 2.24) is 10.7 Å². The summed E-state index contributed by atoms with van der Waals surface area (Å²) in [5, 5.41) is 6.14. The molecule has 0 heterocycles. The highest BCUT2D eigenvalue weighted by Crippen LogP contribution is 2.27. The predicted molar refractivity (Wildman–Crippen MR) is 89.4 cm³/mol. The summed E-state index contributed by atoms with van der Waals surface area (Å²) < 4.78 is 15.6. The van der Waals surface area contributed by atoms with Crippen LogP contribution in [0.3, 0.4) is 0 Å². The molecule has 0 aromatic heterocycles. The highest BCUT2D eigenvalue weighted by atomic mass is 16.5. The molecule has 0 radical (unpaired) electrons. The Kier molecular flexibility index (Phi) is 8.91. The SMILES string of the molecule is CCCOc1ccc(/C=N\NC(=O)C(=O)NCCOC)cc1OC. The van der Waals surface area contributed by atoms with Crippen LogP contribution >= 0.6 is 0 Å². The molecular formula is C16H23N3O5. The van der Waals surface area contributed by atoms with Crippen molar-refractivity contribution < 1.29 is 23.8 Å². The van der Waals surface area contributed by atoms with E-state index in [2.05, 4.69) is 15.8 Å². The van der Waals surface area contributed by atoms with E-state index in [1.807, 2.05) is 6.92 Å². The molecule has 0 saturated heterocycles. The Labute approximate surface area is 141 Å². The molecule has 0 aliphatic rings. The number of benzene rings is 1. The molecule has 1 aromatic carbocycles. The zero-order valence-electron chi connectivity index (χ0n) is 14.1. The van der Waals surface area contributed by atoms with Gasteiger partial charge in [0.1, 0.15) is 0 Å². The van der Waals surface area contributed by atoms with Gasteiger partial charge in [0, 0.05) is 13.7 Å². The first-order valence-corrected chi connectivity index (χ1v) is 7.53. The molecule has 0 unspecified atom stereocenters. The number of hydrogen-bond donors (Lipinski definition) is 2. The van der Waals surface area contributed by atoms with E-state index in [0.717, 1.165) is 6.42 Å². The average molecular weight is 337 g/mol. The van der Waals surface area contributed by atoms with Crippen molar-refractivity contribution >= 4 is 18.0 Å². The van der Waals surface area contributed by atoms with Gasteiger partial charge in [-0.1, -0.05) is 6.92 Å². The quantitative estimate of drug-likeness (QED) is 0.299. The monoisotopic (exact) mass is 337 g/mol. The van der Waals surface area contributed by atoms with E-state index in [1.54, 1.807) is 25.3 Å². The van der Waals surface area contributed by atoms with Crippen molar-refractivity contribution in [3.8, 4) is 11.5 Å². The first kappa shape index (κ1) is 19.4. The molecule has 0 aliphatic heterocycles. The van der Waals surface area contributed by atoms with E-state index in [4.69, 9.17) is 14.2 Å². The molecular weight excluding hydrogens is 314 g/mol. The third-order valence-electron chi connectivity index (χ3n) is 2.83. The summed E-state index contributed by atoms with van der Waals surface area (Å²) in [7, 11) is 3.05. The zero-order chi connectivity index (χ0) is 17.8. The lowest BCUT2D eigenvalue weighted by atomic mass is 10.2. The fourth-order valence-electron chi connectivity index (χ4n) is 1.66. The number of hydrazone groups is 1. The zero-order valence-corrected chi connectivity index (χ0v) is 14.1. The number of rotatable bonds is 9. The van der Waals surface area contributed by atoms with Crippen molar-refractivity contribution in [3.05, 3.63) is 23.8 Å². The third kappa shape index (κ3) is 6.66. The van der Waals surface area contributed by atoms with Crippen LogP contribution in [0.1, 0.15) is 18.9 Å². The van der Waals surface area contributed by atoms with E-state index < -0.39 is 11.8 Å². The van der Waals surface area contributed by atoms with Crippen LogP contribution in [0.5, 0.6) is 11.5 Å². The first-order chi connectivity index (χ1) is 11.6. The van der Waals surface area contributed by atoms with Gasteiger partial charge in [0.2, 0.25) is 0 Å². The van der Waals surface area contributed by atoms with Crippen molar-refractivity contribution in [2.24, 2.45) is 5.10 Å². The fourth-order valence-corrected chi connectivity index (χ4v) is 1.66. The molecule has 0 spiro atoms. The molecule has 0 saturated carbocycles. The number of hydrogen-bond acceptors (Lipinski definition) is 6. The van der Waals surface area contributed by atoms with Crippen LogP contribution in [-0.2, 0) is 14.3 Å². The van der Waals surface area contributed by atoms with Gasteiger partial charge >= 0.3 is 11.8 Å². The van der Waals surface area contributed by atoms with Crippen LogP contribution in [0.25, 0.3) is 0 Å². The highest BCUT2D eigenvalue weighted by Gasteiger charge is 2.11. The lowest BCUT2D eigenvalue weighted by Gasteiger charge is -2.10. The number of carbonyl (C=O) groups is 2. The minimum Gasteiger partial charge on any atom is -0.493 e. The van der Waals surface area contributed by atoms with E-state index in [9.17, 15) is 9.59 Å². The van der Waals surface area contributed by atoms with Gasteiger partial charge in [0.05, 0.1) is 26.5 Å². The number of ether oxygens (including phenoxy) is 3. The maximum atomic E-state index is 11.5. The number of amides is 2. The Bertz CT molecular complexity index is 575. The smallest absolute Gasteiger partial charge is 0.329 e. The van der Waals surface area contributed by atoms with Crippen molar-refractivity contribution in [1.29, 1.82) is 0 Å². The largest absolute Gasteiger partial charge is 0.493 e. The summed E-state index contributed by atoms with van der Waals surface area (Å²) in [6, 6.07) is 5.25. The maximum absolute atomic E-state index is 11.5. The van der Waals surface area contributed by atoms with Gasteiger partial charge in [0.15, 0.2) is 11.5 Å². The van der Waals surface area contributed by atoms with Crippen molar-refractivity contribution in [2.75, 3.05) is 34.0 Å². The van der Waals surface area contributed by atoms with Gasteiger partial charge in [-0.3, -0.25) is 9.59 Å². The van der Waals surface area contributed by atoms with Crippen LogP contribution in [0, 0.1) is 0 Å². The molecule has 132 valence electrons. The topological polar surface area (TPSA) is 98.2 Å². The van der Waals surface area contributed by atoms with Crippen molar-refractivity contribution in [3.63, 3.8) is 0 Å². The number of carbonyl (C=O) groups excluding carboxylic acids is 2. The molecule has 1 aromatic rings. The Morgan fingerprint density at radius 3 is 2.62 bits per heavy atom. The summed E-state index contributed by atoms with van der Waals surface area (Å²) in [6.45, 7) is 3.19. The van der Waals surface area contributed by atoms with Gasteiger partial charge in [-0.2, -0.15) is 5.10 Å². The number of methoxy groups -OCH3 is 2. The maximum Gasteiger partial charge on any atom is 0.329 e. The molecule has 0 fully saturated rings. The Balaban J connectivity index is 2.57. The summed E-state index contributed by atoms with van der Waals surface area (Å²) in [4.78, 5) is 22.9. The summed E-state index contributed by atoms with van der Waals surface area (Å²) >= 11 is 0. The minimum absolute atomic E-state index is 0.253. The Hall–Kier alpha value is -2.61. The summed E-state index contributed by atoms with van der Waals surface area (Å²) in [5.74, 6) is -0.420. The molecule has 1 rings (SSSR count). The second-order valence-electron chi connectivity index (χ2n) is 4.71. The number of nitrogens with one attached hydrogen (secondary N) is 2. The molecule has 0 atom stereocenters. The summed E-state index contributed by atoms with van der Waals surface area (Å²) in [6.07, 6.45) is 2.30. The van der Waals surface area contributed by atoms with Gasteiger partial charge in [0.25, 0.3) is 0 Å². The predicted octanol–water partition coefficient (Wildman–Crippen LogP) is 0.697. The van der Waals surface area contributed by atoms with Crippen LogP contribution in [0.15, 0.2) is 23.3 Å². The second-order valence-corrected chi connectivity index (χ2v) is 4.71. The minimum atomic E-state index is -0.850. The van der Waals surface area contributed by atoms with Gasteiger partial charge < -0.3 is 19.5 Å². The lowest BCUT2D eigenvalue weighted by Crippen LogP contribution is -2.39. The molecule has 8 nitrogen and oxygen atoms in total. The standard InChI is InChI=1S/C16H23N3O5/c1-4-8-24-13-6-5-12(10-14(13)23-3)11-18-19-16(21)15(20)17-7-9-22-2/h5-6,10-11H,4,7-9H2,1-3H3,(H,17,20)(H,19,21)/b18-11-. The number of nitrogens with zero attached hydrogens (tertiary/aromatic N) is 1. The van der Waals surface area contributed by atoms with Crippen LogP contribution < -0.4 is 20.2 Å². The molecule has 0 aliphatic carbocycles. The average Bonchev–Trinajstić information content (AvgIpc) is 2.60. The molecule has 2 amide bonds. The second kappa shape index (κ2) is 11.0.